The van der Waals surface area contributed by atoms with E-state index in [1.807, 2.05) is 48.1 Å². The normalized spacial score (nSPS) is 15.4. The highest BCUT2D eigenvalue weighted by atomic mass is 32.2. The maximum absolute atomic E-state index is 13.1. The number of aryl methyl sites for hydroxylation is 1. The lowest BCUT2D eigenvalue weighted by molar-refractivity contribution is 0.0699. The van der Waals surface area contributed by atoms with Crippen molar-refractivity contribution in [3.8, 4) is 6.07 Å². The summed E-state index contributed by atoms with van der Waals surface area (Å²) >= 11 is 0. The number of nitriles is 1. The molecule has 1 amide bonds. The molecule has 1 saturated heterocycles. The Labute approximate surface area is 169 Å². The Morgan fingerprint density at radius 2 is 1.66 bits per heavy atom. The molecule has 29 heavy (non-hydrogen) atoms. The number of amides is 1. The van der Waals surface area contributed by atoms with Gasteiger partial charge in [-0.15, -0.1) is 0 Å². The Balaban J connectivity index is 1.53. The van der Waals surface area contributed by atoms with Crippen LogP contribution in [0.4, 0.5) is 0 Å². The molecular weight excluding hydrogens is 388 g/mol. The van der Waals surface area contributed by atoms with Crippen LogP contribution in [0.3, 0.4) is 0 Å². The van der Waals surface area contributed by atoms with Crippen LogP contribution in [0.2, 0.25) is 0 Å². The lowest BCUT2D eigenvalue weighted by Crippen LogP contribution is -2.50. The Morgan fingerprint density at radius 1 is 1.00 bits per heavy atom. The molecule has 0 saturated carbocycles. The Kier molecular flexibility index (Phi) is 4.86. The molecule has 0 bridgehead atoms. The summed E-state index contributed by atoms with van der Waals surface area (Å²) in [5.41, 5.74) is 1.72. The molecule has 0 aliphatic carbocycles. The van der Waals surface area contributed by atoms with Crippen LogP contribution in [0, 0.1) is 11.3 Å². The first kappa shape index (κ1) is 19.2. The van der Waals surface area contributed by atoms with E-state index in [1.165, 1.54) is 16.4 Å². The average Bonchev–Trinajstić information content (AvgIpc) is 3.10. The molecule has 0 radical (unpaired) electrons. The summed E-state index contributed by atoms with van der Waals surface area (Å²) in [6, 6.07) is 15.8. The summed E-state index contributed by atoms with van der Waals surface area (Å²) in [7, 11) is -1.88. The molecule has 148 valence electrons. The largest absolute Gasteiger partial charge is 0.350 e. The molecule has 0 atom stereocenters. The van der Waals surface area contributed by atoms with Gasteiger partial charge < -0.3 is 9.47 Å². The Bertz CT molecular complexity index is 1230. The summed E-state index contributed by atoms with van der Waals surface area (Å²) in [6.45, 7) is 0.989. The van der Waals surface area contributed by atoms with Crippen molar-refractivity contribution in [1.82, 2.24) is 13.8 Å². The van der Waals surface area contributed by atoms with Gasteiger partial charge in [0, 0.05) is 50.3 Å². The molecule has 4 rings (SSSR count). The van der Waals surface area contributed by atoms with Gasteiger partial charge in [0.25, 0.3) is 5.91 Å². The van der Waals surface area contributed by atoms with Gasteiger partial charge in [-0.3, -0.25) is 4.79 Å². The molecule has 3 aromatic rings. The average molecular weight is 408 g/mol. The number of benzene rings is 2. The number of para-hydroxylation sites is 1. The summed E-state index contributed by atoms with van der Waals surface area (Å²) in [5.74, 6) is -0.101. The van der Waals surface area contributed by atoms with E-state index in [0.29, 0.717) is 18.7 Å². The predicted molar refractivity (Wildman–Crippen MR) is 109 cm³/mol. The van der Waals surface area contributed by atoms with Gasteiger partial charge in [-0.25, -0.2) is 8.42 Å². The number of piperazine rings is 1. The molecule has 0 unspecified atom stereocenters. The zero-order chi connectivity index (χ0) is 20.6. The fraction of sp³-hybridized carbons (Fsp3) is 0.238. The van der Waals surface area contributed by atoms with E-state index in [9.17, 15) is 18.5 Å². The van der Waals surface area contributed by atoms with E-state index in [1.54, 1.807) is 17.0 Å². The highest BCUT2D eigenvalue weighted by Gasteiger charge is 2.32. The van der Waals surface area contributed by atoms with Crippen molar-refractivity contribution >= 4 is 26.8 Å². The zero-order valence-corrected chi connectivity index (χ0v) is 16.8. The van der Waals surface area contributed by atoms with Crippen LogP contribution >= 0.6 is 0 Å². The maximum atomic E-state index is 13.1. The fourth-order valence-corrected chi connectivity index (χ4v) is 5.30. The van der Waals surface area contributed by atoms with Crippen LogP contribution in [0.15, 0.2) is 59.6 Å². The summed E-state index contributed by atoms with van der Waals surface area (Å²) < 4.78 is 29.2. The van der Waals surface area contributed by atoms with Gasteiger partial charge >= 0.3 is 0 Å². The van der Waals surface area contributed by atoms with Gasteiger partial charge in [-0.1, -0.05) is 30.3 Å². The van der Waals surface area contributed by atoms with Crippen LogP contribution in [0.25, 0.3) is 10.9 Å². The summed E-state index contributed by atoms with van der Waals surface area (Å²) in [5, 5.41) is 10.1. The number of hydrogen-bond donors (Lipinski definition) is 0. The molecule has 2 heterocycles. The maximum Gasteiger partial charge on any atom is 0.256 e. The number of sulfonamides is 1. The minimum Gasteiger partial charge on any atom is -0.350 e. The molecule has 0 N–H and O–H groups in total. The van der Waals surface area contributed by atoms with E-state index in [2.05, 4.69) is 0 Å². The first-order valence-electron chi connectivity index (χ1n) is 9.26. The number of fused-ring (bicyclic) bond motifs is 1. The van der Waals surface area contributed by atoms with Gasteiger partial charge in [-0.2, -0.15) is 9.57 Å². The number of aromatic nitrogens is 1. The standard InChI is InChI=1S/C21H20N4O3S/c1-23-15-18(17-7-3-4-8-19(17)23)21(26)24-10-12-25(13-11-24)29(27,28)20-9-5-2-6-16(20)14-22/h2-9,15H,10-13H2,1H3. The zero-order valence-electron chi connectivity index (χ0n) is 15.9. The number of rotatable bonds is 3. The number of carbonyl (C=O) groups excluding carboxylic acids is 1. The molecule has 1 aromatic heterocycles. The molecule has 7 nitrogen and oxygen atoms in total. The number of nitrogens with zero attached hydrogens (tertiary/aromatic N) is 4. The van der Waals surface area contributed by atoms with Gasteiger partial charge in [0.15, 0.2) is 0 Å². The first-order chi connectivity index (χ1) is 13.9. The van der Waals surface area contributed by atoms with E-state index in [-0.39, 0.29) is 29.5 Å². The third kappa shape index (κ3) is 3.28. The highest BCUT2D eigenvalue weighted by molar-refractivity contribution is 7.89. The van der Waals surface area contributed by atoms with Crippen LogP contribution in [-0.2, 0) is 17.1 Å². The van der Waals surface area contributed by atoms with Gasteiger partial charge in [-0.05, 0) is 18.2 Å². The van der Waals surface area contributed by atoms with Gasteiger partial charge in [0.1, 0.15) is 6.07 Å². The lowest BCUT2D eigenvalue weighted by atomic mass is 10.1. The molecular formula is C21H20N4O3S. The van der Waals surface area contributed by atoms with Crippen molar-refractivity contribution in [3.63, 3.8) is 0 Å². The van der Waals surface area contributed by atoms with E-state index >= 15 is 0 Å². The van der Waals surface area contributed by atoms with E-state index in [0.717, 1.165) is 10.9 Å². The third-order valence-corrected chi connectivity index (χ3v) is 7.24. The monoisotopic (exact) mass is 408 g/mol. The van der Waals surface area contributed by atoms with Crippen LogP contribution in [0.5, 0.6) is 0 Å². The number of hydrogen-bond acceptors (Lipinski definition) is 4. The minimum absolute atomic E-state index is 0.0105. The van der Waals surface area contributed by atoms with Crippen LogP contribution < -0.4 is 0 Å². The minimum atomic E-state index is -3.78. The Hall–Kier alpha value is -3.15. The van der Waals surface area contributed by atoms with Crippen LogP contribution in [-0.4, -0.2) is 54.3 Å². The van der Waals surface area contributed by atoms with Gasteiger partial charge in [0.05, 0.1) is 16.0 Å². The second-order valence-corrected chi connectivity index (χ2v) is 8.88. The van der Waals surface area contributed by atoms with E-state index < -0.39 is 10.0 Å². The van der Waals surface area contributed by atoms with Crippen LogP contribution in [0.1, 0.15) is 15.9 Å². The van der Waals surface area contributed by atoms with Crippen molar-refractivity contribution < 1.29 is 13.2 Å². The highest BCUT2D eigenvalue weighted by Crippen LogP contribution is 2.24. The summed E-state index contributed by atoms with van der Waals surface area (Å²) in [4.78, 5) is 14.8. The van der Waals surface area contributed by atoms with Crippen molar-refractivity contribution in [2.45, 2.75) is 4.90 Å². The number of carbonyl (C=O) groups is 1. The Morgan fingerprint density at radius 3 is 2.38 bits per heavy atom. The quantitative estimate of drug-likeness (QED) is 0.665. The molecule has 1 aliphatic heterocycles. The molecule has 2 aromatic carbocycles. The van der Waals surface area contributed by atoms with Crippen molar-refractivity contribution in [2.75, 3.05) is 26.2 Å². The van der Waals surface area contributed by atoms with Crippen molar-refractivity contribution in [1.29, 1.82) is 5.26 Å². The third-order valence-electron chi connectivity index (χ3n) is 5.28. The molecule has 8 heteroatoms. The predicted octanol–water partition coefficient (Wildman–Crippen LogP) is 2.20. The molecule has 1 fully saturated rings. The second kappa shape index (κ2) is 7.35. The van der Waals surface area contributed by atoms with Crippen molar-refractivity contribution in [3.05, 3.63) is 65.9 Å². The first-order valence-corrected chi connectivity index (χ1v) is 10.7. The lowest BCUT2D eigenvalue weighted by Gasteiger charge is -2.34. The van der Waals surface area contributed by atoms with Crippen molar-refractivity contribution in [2.24, 2.45) is 7.05 Å². The summed E-state index contributed by atoms with van der Waals surface area (Å²) in [6.07, 6.45) is 1.82. The topological polar surface area (TPSA) is 86.4 Å². The SMILES string of the molecule is Cn1cc(C(=O)N2CCN(S(=O)(=O)c3ccccc3C#N)CC2)c2ccccc21. The molecule has 1 aliphatic rings. The smallest absolute Gasteiger partial charge is 0.256 e. The van der Waals surface area contributed by atoms with Gasteiger partial charge in [0.2, 0.25) is 10.0 Å². The second-order valence-electron chi connectivity index (χ2n) is 6.98. The molecule has 0 spiro atoms. The van der Waals surface area contributed by atoms with E-state index in [4.69, 9.17) is 0 Å². The fourth-order valence-electron chi connectivity index (χ4n) is 3.74.